The summed E-state index contributed by atoms with van der Waals surface area (Å²) in [5.41, 5.74) is 2.78. The number of halogens is 1. The number of benzene rings is 2. The molecule has 0 bridgehead atoms. The van der Waals surface area contributed by atoms with Gasteiger partial charge in [0.2, 0.25) is 6.79 Å². The molecular formula is C18H17FN2O3. The lowest BCUT2D eigenvalue weighted by atomic mass is 10.0. The molecule has 124 valence electrons. The third kappa shape index (κ3) is 3.19. The third-order valence-electron chi connectivity index (χ3n) is 4.03. The standard InChI is InChI=1S/C18H17FN2O3/c19-14-3-1-2-12(6-14)9-20-10-15-8-16(21-24-15)13-4-5-17-18(7-13)23-11-22-17/h1-7,15,20H,8-11H2. The molecule has 1 N–H and O–H groups in total. The van der Waals surface area contributed by atoms with Gasteiger partial charge in [0.05, 0.1) is 5.71 Å². The lowest BCUT2D eigenvalue weighted by Gasteiger charge is -2.10. The number of hydrogen-bond donors (Lipinski definition) is 1. The number of nitrogens with one attached hydrogen (secondary N) is 1. The highest BCUT2D eigenvalue weighted by atomic mass is 19.1. The molecule has 0 saturated carbocycles. The molecule has 2 heterocycles. The van der Waals surface area contributed by atoms with Gasteiger partial charge in [-0.1, -0.05) is 17.3 Å². The molecule has 2 aliphatic heterocycles. The van der Waals surface area contributed by atoms with E-state index in [1.54, 1.807) is 6.07 Å². The summed E-state index contributed by atoms with van der Waals surface area (Å²) >= 11 is 0. The molecule has 0 spiro atoms. The molecule has 2 aliphatic rings. The minimum atomic E-state index is -0.222. The van der Waals surface area contributed by atoms with Crippen LogP contribution in [0, 0.1) is 5.82 Å². The first-order chi connectivity index (χ1) is 11.8. The molecule has 1 unspecified atom stereocenters. The van der Waals surface area contributed by atoms with E-state index in [0.717, 1.165) is 34.8 Å². The Kier molecular flexibility index (Phi) is 4.04. The van der Waals surface area contributed by atoms with E-state index in [1.807, 2.05) is 24.3 Å². The fourth-order valence-electron chi connectivity index (χ4n) is 2.81. The van der Waals surface area contributed by atoms with Gasteiger partial charge in [-0.05, 0) is 35.9 Å². The topological polar surface area (TPSA) is 52.1 Å². The molecule has 6 heteroatoms. The van der Waals surface area contributed by atoms with Crippen LogP contribution < -0.4 is 14.8 Å². The lowest BCUT2D eigenvalue weighted by molar-refractivity contribution is 0.0848. The van der Waals surface area contributed by atoms with Crippen molar-refractivity contribution in [2.24, 2.45) is 5.16 Å². The van der Waals surface area contributed by atoms with Crippen molar-refractivity contribution < 1.29 is 18.7 Å². The van der Waals surface area contributed by atoms with Crippen LogP contribution in [0.4, 0.5) is 4.39 Å². The molecule has 4 rings (SSSR count). The molecule has 0 radical (unpaired) electrons. The van der Waals surface area contributed by atoms with Crippen molar-refractivity contribution in [1.29, 1.82) is 0 Å². The fourth-order valence-corrected chi connectivity index (χ4v) is 2.81. The van der Waals surface area contributed by atoms with Crippen molar-refractivity contribution in [3.63, 3.8) is 0 Å². The van der Waals surface area contributed by atoms with Gasteiger partial charge < -0.3 is 19.6 Å². The first kappa shape index (κ1) is 15.0. The van der Waals surface area contributed by atoms with E-state index in [-0.39, 0.29) is 18.7 Å². The van der Waals surface area contributed by atoms with Gasteiger partial charge in [-0.15, -0.1) is 0 Å². The van der Waals surface area contributed by atoms with Gasteiger partial charge >= 0.3 is 0 Å². The summed E-state index contributed by atoms with van der Waals surface area (Å²) in [6.07, 6.45) is 0.689. The van der Waals surface area contributed by atoms with Crippen molar-refractivity contribution in [2.45, 2.75) is 19.1 Å². The summed E-state index contributed by atoms with van der Waals surface area (Å²) in [6.45, 7) is 1.50. The van der Waals surface area contributed by atoms with Crippen LogP contribution in [0.25, 0.3) is 0 Å². The quantitative estimate of drug-likeness (QED) is 0.917. The van der Waals surface area contributed by atoms with Crippen LogP contribution in [0.15, 0.2) is 47.6 Å². The normalized spacial score (nSPS) is 18.4. The van der Waals surface area contributed by atoms with Crippen LogP contribution in [0.2, 0.25) is 0 Å². The van der Waals surface area contributed by atoms with Gasteiger partial charge in [-0.3, -0.25) is 0 Å². The van der Waals surface area contributed by atoms with E-state index in [2.05, 4.69) is 10.5 Å². The molecular weight excluding hydrogens is 311 g/mol. The second-order valence-electron chi connectivity index (χ2n) is 5.80. The lowest BCUT2D eigenvalue weighted by Crippen LogP contribution is -2.26. The van der Waals surface area contributed by atoms with E-state index in [4.69, 9.17) is 14.3 Å². The van der Waals surface area contributed by atoms with Gasteiger partial charge in [0.1, 0.15) is 11.9 Å². The van der Waals surface area contributed by atoms with E-state index >= 15 is 0 Å². The predicted octanol–water partition coefficient (Wildman–Crippen LogP) is 2.84. The van der Waals surface area contributed by atoms with Crippen molar-refractivity contribution in [3.05, 3.63) is 59.4 Å². The Morgan fingerprint density at radius 1 is 1.12 bits per heavy atom. The average molecular weight is 328 g/mol. The summed E-state index contributed by atoms with van der Waals surface area (Å²) in [4.78, 5) is 5.48. The first-order valence-electron chi connectivity index (χ1n) is 7.86. The predicted molar refractivity (Wildman–Crippen MR) is 86.7 cm³/mol. The Balaban J connectivity index is 1.30. The number of hydrogen-bond acceptors (Lipinski definition) is 5. The molecule has 24 heavy (non-hydrogen) atoms. The summed E-state index contributed by atoms with van der Waals surface area (Å²) in [7, 11) is 0. The second-order valence-corrected chi connectivity index (χ2v) is 5.80. The zero-order valence-electron chi connectivity index (χ0n) is 13.0. The minimum absolute atomic E-state index is 0.0287. The average Bonchev–Trinajstić information content (AvgIpc) is 3.23. The minimum Gasteiger partial charge on any atom is -0.454 e. The number of nitrogens with zero attached hydrogens (tertiary/aromatic N) is 1. The van der Waals surface area contributed by atoms with Gasteiger partial charge in [0.15, 0.2) is 11.5 Å². The maximum Gasteiger partial charge on any atom is 0.231 e. The maximum absolute atomic E-state index is 13.1. The monoisotopic (exact) mass is 328 g/mol. The van der Waals surface area contributed by atoms with Gasteiger partial charge in [-0.25, -0.2) is 4.39 Å². The largest absolute Gasteiger partial charge is 0.454 e. The van der Waals surface area contributed by atoms with Crippen LogP contribution in [0.5, 0.6) is 11.5 Å². The molecule has 0 saturated heterocycles. The van der Waals surface area contributed by atoms with E-state index in [9.17, 15) is 4.39 Å². The van der Waals surface area contributed by atoms with E-state index < -0.39 is 0 Å². The highest BCUT2D eigenvalue weighted by molar-refractivity contribution is 6.01. The highest BCUT2D eigenvalue weighted by Gasteiger charge is 2.23. The Hall–Kier alpha value is -2.60. The molecule has 2 aromatic rings. The maximum atomic E-state index is 13.1. The number of fused-ring (bicyclic) bond motifs is 1. The van der Waals surface area contributed by atoms with Crippen LogP contribution in [-0.4, -0.2) is 25.2 Å². The molecule has 1 atom stereocenters. The molecule has 0 aliphatic carbocycles. The Bertz CT molecular complexity index is 779. The zero-order valence-corrected chi connectivity index (χ0v) is 13.0. The molecule has 0 aromatic heterocycles. The molecule has 0 amide bonds. The molecule has 2 aromatic carbocycles. The summed E-state index contributed by atoms with van der Waals surface area (Å²) in [5.74, 6) is 1.27. The van der Waals surface area contributed by atoms with Crippen molar-refractivity contribution in [3.8, 4) is 11.5 Å². The van der Waals surface area contributed by atoms with Gasteiger partial charge in [0, 0.05) is 25.1 Å². The Morgan fingerprint density at radius 2 is 2.04 bits per heavy atom. The zero-order chi connectivity index (χ0) is 16.4. The summed E-state index contributed by atoms with van der Waals surface area (Å²) < 4.78 is 23.8. The summed E-state index contributed by atoms with van der Waals surface area (Å²) in [6, 6.07) is 12.3. The van der Waals surface area contributed by atoms with Gasteiger partial charge in [-0.2, -0.15) is 0 Å². The number of rotatable bonds is 5. The highest BCUT2D eigenvalue weighted by Crippen LogP contribution is 2.33. The van der Waals surface area contributed by atoms with E-state index in [1.165, 1.54) is 12.1 Å². The van der Waals surface area contributed by atoms with Crippen LogP contribution in [0.1, 0.15) is 17.5 Å². The third-order valence-corrected chi connectivity index (χ3v) is 4.03. The van der Waals surface area contributed by atoms with Gasteiger partial charge in [0.25, 0.3) is 0 Å². The second kappa shape index (κ2) is 6.49. The van der Waals surface area contributed by atoms with Crippen molar-refractivity contribution in [1.82, 2.24) is 5.32 Å². The van der Waals surface area contributed by atoms with Crippen LogP contribution in [-0.2, 0) is 11.4 Å². The Labute approximate surface area is 139 Å². The molecule has 5 nitrogen and oxygen atoms in total. The van der Waals surface area contributed by atoms with Crippen LogP contribution in [0.3, 0.4) is 0 Å². The fraction of sp³-hybridized carbons (Fsp3) is 0.278. The first-order valence-corrected chi connectivity index (χ1v) is 7.86. The smallest absolute Gasteiger partial charge is 0.231 e. The number of oxime groups is 1. The SMILES string of the molecule is Fc1cccc(CNCC2CC(c3ccc4c(c3)OCO4)=NO2)c1. The molecule has 0 fully saturated rings. The van der Waals surface area contributed by atoms with Crippen molar-refractivity contribution in [2.75, 3.05) is 13.3 Å². The number of ether oxygens (including phenoxy) is 2. The van der Waals surface area contributed by atoms with E-state index in [0.29, 0.717) is 13.1 Å². The Morgan fingerprint density at radius 3 is 2.96 bits per heavy atom. The summed E-state index contributed by atoms with van der Waals surface area (Å²) in [5, 5.41) is 7.45. The van der Waals surface area contributed by atoms with Crippen molar-refractivity contribution >= 4 is 5.71 Å². The van der Waals surface area contributed by atoms with Crippen LogP contribution >= 0.6 is 0 Å².